The van der Waals surface area contributed by atoms with Crippen LogP contribution in [0, 0.1) is 11.6 Å². The molecule has 1 atom stereocenters. The fourth-order valence-corrected chi connectivity index (χ4v) is 2.16. The van der Waals surface area contributed by atoms with Crippen LogP contribution in [-0.4, -0.2) is 30.6 Å². The maximum Gasteiger partial charge on any atom is 0.143 e. The molecule has 0 saturated carbocycles. The first-order valence-corrected chi connectivity index (χ1v) is 6.77. The molecule has 0 aliphatic carbocycles. The Bertz CT molecular complexity index is 450. The maximum atomic E-state index is 14.0. The van der Waals surface area contributed by atoms with Gasteiger partial charge in [-0.25, -0.2) is 8.78 Å². The highest BCUT2D eigenvalue weighted by molar-refractivity contribution is 9.10. The molecular formula is C13H20BrF2N3. The van der Waals surface area contributed by atoms with Crippen molar-refractivity contribution < 1.29 is 8.78 Å². The van der Waals surface area contributed by atoms with E-state index < -0.39 is 11.6 Å². The Kier molecular flexibility index (Phi) is 5.43. The summed E-state index contributed by atoms with van der Waals surface area (Å²) in [6, 6.07) is 2.32. The molecular weight excluding hydrogens is 316 g/mol. The van der Waals surface area contributed by atoms with Gasteiger partial charge in [0.15, 0.2) is 0 Å². The van der Waals surface area contributed by atoms with Crippen molar-refractivity contribution in [2.75, 3.05) is 14.1 Å². The summed E-state index contributed by atoms with van der Waals surface area (Å²) in [7, 11) is 3.80. The predicted molar refractivity (Wildman–Crippen MR) is 76.6 cm³/mol. The van der Waals surface area contributed by atoms with Gasteiger partial charge in [-0.3, -0.25) is 11.3 Å². The molecule has 108 valence electrons. The molecule has 1 unspecified atom stereocenters. The Morgan fingerprint density at radius 1 is 1.37 bits per heavy atom. The highest BCUT2D eigenvalue weighted by Crippen LogP contribution is 2.26. The third kappa shape index (κ3) is 3.51. The Hall–Kier alpha value is -0.560. The lowest BCUT2D eigenvalue weighted by Crippen LogP contribution is -2.58. The summed E-state index contributed by atoms with van der Waals surface area (Å²) in [5.74, 6) is 4.42. The monoisotopic (exact) mass is 335 g/mol. The normalized spacial score (nSPS) is 13.9. The van der Waals surface area contributed by atoms with Crippen LogP contribution in [0.3, 0.4) is 0 Å². The molecule has 0 aliphatic heterocycles. The van der Waals surface area contributed by atoms with Crippen molar-refractivity contribution in [1.29, 1.82) is 0 Å². The molecule has 0 fully saturated rings. The zero-order chi connectivity index (χ0) is 14.8. The molecule has 3 N–H and O–H groups in total. The Morgan fingerprint density at radius 3 is 2.42 bits per heavy atom. The van der Waals surface area contributed by atoms with Crippen LogP contribution in [-0.2, 0) is 6.42 Å². The first kappa shape index (κ1) is 16.5. The van der Waals surface area contributed by atoms with Crippen LogP contribution in [0.1, 0.15) is 19.4 Å². The third-order valence-corrected chi connectivity index (χ3v) is 4.37. The Balaban J connectivity index is 3.10. The van der Waals surface area contributed by atoms with E-state index in [2.05, 4.69) is 21.4 Å². The van der Waals surface area contributed by atoms with E-state index in [4.69, 9.17) is 5.84 Å². The van der Waals surface area contributed by atoms with Crippen molar-refractivity contribution in [3.63, 3.8) is 0 Å². The number of hydrogen-bond acceptors (Lipinski definition) is 3. The van der Waals surface area contributed by atoms with E-state index in [1.54, 1.807) is 0 Å². The Labute approximate surface area is 121 Å². The minimum absolute atomic E-state index is 0.0345. The lowest BCUT2D eigenvalue weighted by molar-refractivity contribution is 0.136. The third-order valence-electron chi connectivity index (χ3n) is 3.75. The predicted octanol–water partition coefficient (Wildman–Crippen LogP) is 2.44. The van der Waals surface area contributed by atoms with Crippen LogP contribution in [0.25, 0.3) is 0 Å². The molecule has 0 radical (unpaired) electrons. The number of halogens is 3. The fraction of sp³-hybridized carbons (Fsp3) is 0.538. The minimum atomic E-state index is -0.574. The smallest absolute Gasteiger partial charge is 0.143 e. The van der Waals surface area contributed by atoms with Gasteiger partial charge in [0.2, 0.25) is 0 Å². The van der Waals surface area contributed by atoms with Crippen molar-refractivity contribution in [1.82, 2.24) is 10.3 Å². The second kappa shape index (κ2) is 6.26. The van der Waals surface area contributed by atoms with Gasteiger partial charge in [-0.1, -0.05) is 0 Å². The molecule has 0 heterocycles. The fourth-order valence-electron chi connectivity index (χ4n) is 1.78. The first-order valence-electron chi connectivity index (χ1n) is 5.97. The number of nitrogens with zero attached hydrogens (tertiary/aromatic N) is 1. The highest BCUT2D eigenvalue weighted by Gasteiger charge is 2.32. The lowest BCUT2D eigenvalue weighted by Gasteiger charge is -2.40. The van der Waals surface area contributed by atoms with Gasteiger partial charge in [0.1, 0.15) is 11.6 Å². The number of nitrogens with one attached hydrogen (secondary N) is 1. The molecule has 1 aromatic rings. The topological polar surface area (TPSA) is 41.3 Å². The number of hydrazine groups is 1. The molecule has 1 aromatic carbocycles. The first-order chi connectivity index (χ1) is 8.71. The average molecular weight is 336 g/mol. The zero-order valence-electron chi connectivity index (χ0n) is 11.6. The van der Waals surface area contributed by atoms with Gasteiger partial charge in [0.05, 0.1) is 4.47 Å². The van der Waals surface area contributed by atoms with Gasteiger partial charge in [0.25, 0.3) is 0 Å². The van der Waals surface area contributed by atoms with E-state index in [1.165, 1.54) is 12.1 Å². The van der Waals surface area contributed by atoms with Crippen molar-refractivity contribution >= 4 is 15.9 Å². The number of benzene rings is 1. The largest absolute Gasteiger partial charge is 0.303 e. The number of rotatable bonds is 5. The molecule has 0 aliphatic rings. The van der Waals surface area contributed by atoms with Crippen LogP contribution in [0.2, 0.25) is 0 Å². The zero-order valence-corrected chi connectivity index (χ0v) is 13.2. The van der Waals surface area contributed by atoms with E-state index in [9.17, 15) is 8.78 Å². The molecule has 3 nitrogen and oxygen atoms in total. The second-order valence-electron chi connectivity index (χ2n) is 5.29. The Morgan fingerprint density at radius 2 is 1.95 bits per heavy atom. The summed E-state index contributed by atoms with van der Waals surface area (Å²) in [6.07, 6.45) is 0.165. The van der Waals surface area contributed by atoms with E-state index in [-0.39, 0.29) is 28.0 Å². The van der Waals surface area contributed by atoms with E-state index >= 15 is 0 Å². The standard InChI is InChI=1S/C13H20BrF2N3/c1-13(2,19(3)4)11(18-17)7-8-10(15)6-5-9(14)12(8)16/h5-6,11,18H,7,17H2,1-4H3. The van der Waals surface area contributed by atoms with Crippen LogP contribution in [0.4, 0.5) is 8.78 Å². The SMILES string of the molecule is CN(C)C(C)(C)C(Cc1c(F)ccc(Br)c1F)NN. The summed E-state index contributed by atoms with van der Waals surface area (Å²) >= 11 is 3.07. The number of hydrogen-bond donors (Lipinski definition) is 2. The van der Waals surface area contributed by atoms with Crippen molar-refractivity contribution in [2.24, 2.45) is 5.84 Å². The summed E-state index contributed by atoms with van der Waals surface area (Å²) < 4.78 is 28.0. The number of nitrogens with two attached hydrogens (primary N) is 1. The van der Waals surface area contributed by atoms with Gasteiger partial charge in [-0.05, 0) is 62.4 Å². The molecule has 0 saturated heterocycles. The molecule has 6 heteroatoms. The summed E-state index contributed by atoms with van der Waals surface area (Å²) in [4.78, 5) is 1.96. The molecule has 0 amide bonds. The number of likely N-dealkylation sites (N-methyl/N-ethyl adjacent to an activating group) is 1. The summed E-state index contributed by atoms with van der Waals surface area (Å²) in [6.45, 7) is 3.93. The lowest BCUT2D eigenvalue weighted by atomic mass is 9.88. The second-order valence-corrected chi connectivity index (χ2v) is 6.15. The molecule has 0 aromatic heterocycles. The van der Waals surface area contributed by atoms with Gasteiger partial charge in [-0.15, -0.1) is 0 Å². The van der Waals surface area contributed by atoms with Gasteiger partial charge in [-0.2, -0.15) is 0 Å². The highest BCUT2D eigenvalue weighted by atomic mass is 79.9. The molecule has 0 bridgehead atoms. The maximum absolute atomic E-state index is 14.0. The molecule has 1 rings (SSSR count). The molecule has 19 heavy (non-hydrogen) atoms. The average Bonchev–Trinajstić information content (AvgIpc) is 2.34. The van der Waals surface area contributed by atoms with Crippen LogP contribution in [0.5, 0.6) is 0 Å². The van der Waals surface area contributed by atoms with Crippen LogP contribution >= 0.6 is 15.9 Å². The minimum Gasteiger partial charge on any atom is -0.303 e. The van der Waals surface area contributed by atoms with E-state index in [0.29, 0.717) is 0 Å². The van der Waals surface area contributed by atoms with E-state index in [0.717, 1.165) is 0 Å². The van der Waals surface area contributed by atoms with E-state index in [1.807, 2.05) is 32.8 Å². The van der Waals surface area contributed by atoms with Crippen molar-refractivity contribution in [3.05, 3.63) is 33.8 Å². The summed E-state index contributed by atoms with van der Waals surface area (Å²) in [5, 5.41) is 0. The van der Waals surface area contributed by atoms with Crippen molar-refractivity contribution in [3.8, 4) is 0 Å². The van der Waals surface area contributed by atoms with Crippen LogP contribution < -0.4 is 11.3 Å². The van der Waals surface area contributed by atoms with Gasteiger partial charge < -0.3 is 4.90 Å². The quantitative estimate of drug-likeness (QED) is 0.493. The summed E-state index contributed by atoms with van der Waals surface area (Å²) in [5.41, 5.74) is 2.34. The molecule has 0 spiro atoms. The van der Waals surface area contributed by atoms with Gasteiger partial charge >= 0.3 is 0 Å². The van der Waals surface area contributed by atoms with Crippen molar-refractivity contribution in [2.45, 2.75) is 31.8 Å². The van der Waals surface area contributed by atoms with Gasteiger partial charge in [0, 0.05) is 17.1 Å². The van der Waals surface area contributed by atoms with Crippen LogP contribution in [0.15, 0.2) is 16.6 Å².